The molecule has 9 heteroatoms. The van der Waals surface area contributed by atoms with Crippen LogP contribution in [-0.4, -0.2) is 58.1 Å². The van der Waals surface area contributed by atoms with Crippen LogP contribution in [0, 0.1) is 0 Å². The van der Waals surface area contributed by atoms with Crippen molar-refractivity contribution in [3.8, 4) is 5.75 Å². The van der Waals surface area contributed by atoms with Crippen LogP contribution in [0.4, 0.5) is 22.2 Å². The van der Waals surface area contributed by atoms with E-state index in [4.69, 9.17) is 9.84 Å². The van der Waals surface area contributed by atoms with Gasteiger partial charge in [0.1, 0.15) is 11.6 Å². The van der Waals surface area contributed by atoms with Gasteiger partial charge in [0.05, 0.1) is 24.4 Å². The van der Waals surface area contributed by atoms with Gasteiger partial charge in [-0.15, -0.1) is 0 Å². The van der Waals surface area contributed by atoms with Crippen LogP contribution in [-0.2, 0) is 0 Å². The van der Waals surface area contributed by atoms with Gasteiger partial charge in [-0.2, -0.15) is 4.98 Å². The Labute approximate surface area is 170 Å². The maximum Gasteiger partial charge on any atom is 0.327 e. The van der Waals surface area contributed by atoms with Crippen molar-refractivity contribution in [3.63, 3.8) is 0 Å². The van der Waals surface area contributed by atoms with Gasteiger partial charge in [0.25, 0.3) is 0 Å². The zero-order valence-electron chi connectivity index (χ0n) is 17.2. The van der Waals surface area contributed by atoms with Crippen LogP contribution in [0.2, 0.25) is 0 Å². The van der Waals surface area contributed by atoms with E-state index >= 15 is 0 Å². The van der Waals surface area contributed by atoms with E-state index in [1.165, 1.54) is 4.90 Å². The standard InChI is InChI=1S/C20H29N5O4/c1-14(20(2,3)28)23-18-21-12-10-17(24-18)25(19(27)22-11-5-13-26)15-6-8-16(29-4)9-7-15/h6-10,12,14,26,28H,5,11,13H2,1-4H3,(H,22,27)(H,21,23,24)/t14-/m0/s1. The number of carbonyl (C=O) groups excluding carboxylic acids is 1. The minimum atomic E-state index is -0.975. The molecule has 0 aliphatic carbocycles. The summed E-state index contributed by atoms with van der Waals surface area (Å²) in [5, 5.41) is 24.9. The van der Waals surface area contributed by atoms with E-state index in [1.54, 1.807) is 57.5 Å². The molecule has 2 rings (SSSR count). The van der Waals surface area contributed by atoms with E-state index in [2.05, 4.69) is 20.6 Å². The van der Waals surface area contributed by atoms with Crippen LogP contribution in [0.25, 0.3) is 0 Å². The van der Waals surface area contributed by atoms with Crippen LogP contribution in [0.3, 0.4) is 0 Å². The second-order valence-electron chi connectivity index (χ2n) is 7.10. The lowest BCUT2D eigenvalue weighted by molar-refractivity contribution is 0.0646. The molecule has 0 aliphatic rings. The fourth-order valence-corrected chi connectivity index (χ4v) is 2.35. The summed E-state index contributed by atoms with van der Waals surface area (Å²) in [7, 11) is 1.57. The number of rotatable bonds is 9. The maximum atomic E-state index is 12.8. The molecule has 1 aromatic heterocycles. The van der Waals surface area contributed by atoms with Gasteiger partial charge in [0.15, 0.2) is 0 Å². The highest BCUT2D eigenvalue weighted by Gasteiger charge is 2.24. The Morgan fingerprint density at radius 3 is 2.55 bits per heavy atom. The summed E-state index contributed by atoms with van der Waals surface area (Å²) in [6.07, 6.45) is 1.99. The van der Waals surface area contributed by atoms with Crippen LogP contribution in [0.5, 0.6) is 5.75 Å². The van der Waals surface area contributed by atoms with Gasteiger partial charge in [-0.25, -0.2) is 14.7 Å². The summed E-state index contributed by atoms with van der Waals surface area (Å²) in [5.74, 6) is 1.31. The SMILES string of the molecule is COc1ccc(N(C(=O)NCCCO)c2ccnc(N[C@@H](C)C(C)(C)O)n2)cc1. The number of ether oxygens (including phenoxy) is 1. The topological polar surface area (TPSA) is 120 Å². The number of hydrogen-bond acceptors (Lipinski definition) is 7. The van der Waals surface area contributed by atoms with Crippen molar-refractivity contribution in [2.24, 2.45) is 0 Å². The first-order valence-electron chi connectivity index (χ1n) is 9.41. The highest BCUT2D eigenvalue weighted by Crippen LogP contribution is 2.27. The van der Waals surface area contributed by atoms with Crippen molar-refractivity contribution in [1.29, 1.82) is 0 Å². The first-order chi connectivity index (χ1) is 13.8. The van der Waals surface area contributed by atoms with Crippen LogP contribution >= 0.6 is 0 Å². The summed E-state index contributed by atoms with van der Waals surface area (Å²) < 4.78 is 5.18. The number of nitrogens with one attached hydrogen (secondary N) is 2. The molecule has 29 heavy (non-hydrogen) atoms. The molecule has 1 atom stereocenters. The largest absolute Gasteiger partial charge is 0.497 e. The Morgan fingerprint density at radius 1 is 1.28 bits per heavy atom. The molecule has 0 saturated heterocycles. The summed E-state index contributed by atoms with van der Waals surface area (Å²) in [5.41, 5.74) is -0.385. The molecule has 0 bridgehead atoms. The molecular weight excluding hydrogens is 374 g/mol. The number of nitrogens with zero attached hydrogens (tertiary/aromatic N) is 3. The lowest BCUT2D eigenvalue weighted by atomic mass is 10.0. The number of aliphatic hydroxyl groups excluding tert-OH is 1. The number of aromatic nitrogens is 2. The molecule has 0 radical (unpaired) electrons. The number of hydrogen-bond donors (Lipinski definition) is 4. The first kappa shape index (κ1) is 22.4. The summed E-state index contributed by atoms with van der Waals surface area (Å²) in [6.45, 7) is 5.51. The number of anilines is 3. The van der Waals surface area contributed by atoms with Gasteiger partial charge in [-0.05, 0) is 51.5 Å². The van der Waals surface area contributed by atoms with E-state index in [-0.39, 0.29) is 18.7 Å². The van der Waals surface area contributed by atoms with E-state index in [0.29, 0.717) is 36.2 Å². The number of benzene rings is 1. The lowest BCUT2D eigenvalue weighted by Gasteiger charge is -2.27. The monoisotopic (exact) mass is 403 g/mol. The second kappa shape index (κ2) is 10.0. The third-order valence-corrected chi connectivity index (χ3v) is 4.42. The zero-order chi connectivity index (χ0) is 21.4. The highest BCUT2D eigenvalue weighted by molar-refractivity contribution is 5.98. The van der Waals surface area contributed by atoms with Gasteiger partial charge in [0.2, 0.25) is 5.95 Å². The molecule has 4 N–H and O–H groups in total. The number of amides is 2. The number of methoxy groups -OCH3 is 1. The van der Waals surface area contributed by atoms with Crippen molar-refractivity contribution < 1.29 is 19.7 Å². The minimum absolute atomic E-state index is 0.0147. The van der Waals surface area contributed by atoms with Crippen LogP contribution in [0.15, 0.2) is 36.5 Å². The Hall–Kier alpha value is -2.91. The van der Waals surface area contributed by atoms with Crippen molar-refractivity contribution in [2.45, 2.75) is 38.8 Å². The predicted octanol–water partition coefficient (Wildman–Crippen LogP) is 2.29. The number of aliphatic hydroxyl groups is 2. The number of urea groups is 1. The third-order valence-electron chi connectivity index (χ3n) is 4.42. The van der Waals surface area contributed by atoms with Crippen molar-refractivity contribution in [1.82, 2.24) is 15.3 Å². The zero-order valence-corrected chi connectivity index (χ0v) is 17.2. The predicted molar refractivity (Wildman–Crippen MR) is 112 cm³/mol. The van der Waals surface area contributed by atoms with E-state index in [1.807, 2.05) is 6.92 Å². The molecule has 0 unspecified atom stereocenters. The molecule has 0 saturated carbocycles. The molecule has 2 aromatic rings. The third kappa shape index (κ3) is 6.30. The van der Waals surface area contributed by atoms with E-state index in [0.717, 1.165) is 0 Å². The average Bonchev–Trinajstić information content (AvgIpc) is 2.68. The summed E-state index contributed by atoms with van der Waals surface area (Å²) >= 11 is 0. The van der Waals surface area contributed by atoms with E-state index < -0.39 is 5.60 Å². The molecular formula is C20H29N5O4. The van der Waals surface area contributed by atoms with Crippen molar-refractivity contribution in [3.05, 3.63) is 36.5 Å². The minimum Gasteiger partial charge on any atom is -0.497 e. The molecule has 0 fully saturated rings. The first-order valence-corrected chi connectivity index (χ1v) is 9.41. The molecule has 0 spiro atoms. The highest BCUT2D eigenvalue weighted by atomic mass is 16.5. The van der Waals surface area contributed by atoms with Crippen molar-refractivity contribution in [2.75, 3.05) is 30.5 Å². The lowest BCUT2D eigenvalue weighted by Crippen LogP contribution is -2.40. The molecule has 9 nitrogen and oxygen atoms in total. The molecule has 0 aliphatic heterocycles. The van der Waals surface area contributed by atoms with E-state index in [9.17, 15) is 9.90 Å². The molecule has 1 heterocycles. The Morgan fingerprint density at radius 2 is 1.97 bits per heavy atom. The fraction of sp³-hybridized carbons (Fsp3) is 0.450. The quantitative estimate of drug-likeness (QED) is 0.474. The Balaban J connectivity index is 2.34. The maximum absolute atomic E-state index is 12.8. The summed E-state index contributed by atoms with van der Waals surface area (Å²) in [6, 6.07) is 7.92. The average molecular weight is 403 g/mol. The second-order valence-corrected chi connectivity index (χ2v) is 7.10. The van der Waals surface area contributed by atoms with Crippen LogP contribution in [0.1, 0.15) is 27.2 Å². The smallest absolute Gasteiger partial charge is 0.327 e. The normalized spacial score (nSPS) is 12.2. The van der Waals surface area contributed by atoms with Gasteiger partial charge in [0, 0.05) is 25.4 Å². The van der Waals surface area contributed by atoms with Gasteiger partial charge in [-0.1, -0.05) is 0 Å². The van der Waals surface area contributed by atoms with Crippen molar-refractivity contribution >= 4 is 23.5 Å². The fourth-order valence-electron chi connectivity index (χ4n) is 2.35. The molecule has 158 valence electrons. The van der Waals surface area contributed by atoms with Crippen LogP contribution < -0.4 is 20.3 Å². The Bertz CT molecular complexity index is 792. The molecule has 2 amide bonds. The van der Waals surface area contributed by atoms with Gasteiger partial charge in [-0.3, -0.25) is 0 Å². The Kier molecular flexibility index (Phi) is 7.74. The van der Waals surface area contributed by atoms with Gasteiger partial charge < -0.3 is 25.6 Å². The van der Waals surface area contributed by atoms with Gasteiger partial charge >= 0.3 is 6.03 Å². The molecule has 1 aromatic carbocycles. The summed E-state index contributed by atoms with van der Waals surface area (Å²) in [4.78, 5) is 22.9. The number of carbonyl (C=O) groups is 1.